The molecule has 0 spiro atoms. The lowest BCUT2D eigenvalue weighted by atomic mass is 10.1. The van der Waals surface area contributed by atoms with Crippen molar-refractivity contribution in [3.63, 3.8) is 0 Å². The molecule has 0 N–H and O–H groups in total. The van der Waals surface area contributed by atoms with Gasteiger partial charge >= 0.3 is 0 Å². The molecular formula is C18H16N4. The van der Waals surface area contributed by atoms with Crippen LogP contribution >= 0.6 is 0 Å². The van der Waals surface area contributed by atoms with Gasteiger partial charge in [0.2, 0.25) is 5.82 Å². The first kappa shape index (κ1) is 14.0. The van der Waals surface area contributed by atoms with E-state index in [0.29, 0.717) is 5.82 Å². The number of benzene rings is 2. The van der Waals surface area contributed by atoms with Gasteiger partial charge in [0.25, 0.3) is 0 Å². The minimum absolute atomic E-state index is 0.184. The van der Waals surface area contributed by atoms with Gasteiger partial charge in [0, 0.05) is 16.7 Å². The number of rotatable bonds is 2. The maximum Gasteiger partial charge on any atom is 0.206 e. The fraction of sp³-hybridized carbons (Fsp3) is 0.167. The summed E-state index contributed by atoms with van der Waals surface area (Å²) >= 11 is 0. The molecule has 0 atom stereocenters. The van der Waals surface area contributed by atoms with Crippen LogP contribution in [0.4, 0.5) is 0 Å². The number of tetrazole rings is 1. The summed E-state index contributed by atoms with van der Waals surface area (Å²) in [5, 5.41) is 12.6. The Hall–Kier alpha value is -2.93. The van der Waals surface area contributed by atoms with E-state index in [2.05, 4.69) is 27.3 Å². The molecule has 3 rings (SSSR count). The van der Waals surface area contributed by atoms with Crippen LogP contribution in [0.15, 0.2) is 54.6 Å². The molecule has 22 heavy (non-hydrogen) atoms. The van der Waals surface area contributed by atoms with Crippen LogP contribution < -0.4 is 0 Å². The van der Waals surface area contributed by atoms with Gasteiger partial charge in [-0.15, -0.1) is 10.2 Å². The van der Waals surface area contributed by atoms with Gasteiger partial charge in [0.15, 0.2) is 0 Å². The molecule has 4 nitrogen and oxygen atoms in total. The van der Waals surface area contributed by atoms with Gasteiger partial charge in [-0.3, -0.25) is 0 Å². The van der Waals surface area contributed by atoms with Crippen LogP contribution in [0.1, 0.15) is 31.0 Å². The van der Waals surface area contributed by atoms with E-state index in [1.54, 1.807) is 4.80 Å². The van der Waals surface area contributed by atoms with Crippen LogP contribution in [0.3, 0.4) is 0 Å². The van der Waals surface area contributed by atoms with Gasteiger partial charge in [0.05, 0.1) is 6.04 Å². The standard InChI is InChI=1S/C18H16N4/c1-14(2)22-20-18(19-21-22)17-11-7-6-10-16(17)13-12-15-8-4-3-5-9-15/h3-11,14H,1-2H3. The Morgan fingerprint density at radius 1 is 0.909 bits per heavy atom. The highest BCUT2D eigenvalue weighted by Gasteiger charge is 2.10. The fourth-order valence-electron chi connectivity index (χ4n) is 2.00. The van der Waals surface area contributed by atoms with Crippen molar-refractivity contribution < 1.29 is 0 Å². The highest BCUT2D eigenvalue weighted by Crippen LogP contribution is 2.19. The number of aromatic nitrogens is 4. The van der Waals surface area contributed by atoms with Gasteiger partial charge < -0.3 is 0 Å². The number of nitrogens with zero attached hydrogens (tertiary/aromatic N) is 4. The third kappa shape index (κ3) is 3.04. The molecule has 0 aliphatic rings. The summed E-state index contributed by atoms with van der Waals surface area (Å²) in [4.78, 5) is 1.61. The summed E-state index contributed by atoms with van der Waals surface area (Å²) < 4.78 is 0. The van der Waals surface area contributed by atoms with Crippen LogP contribution in [0.25, 0.3) is 11.4 Å². The summed E-state index contributed by atoms with van der Waals surface area (Å²) in [6.45, 7) is 4.04. The molecule has 1 heterocycles. The molecule has 0 saturated heterocycles. The fourth-order valence-corrected chi connectivity index (χ4v) is 2.00. The van der Waals surface area contributed by atoms with Crippen molar-refractivity contribution in [1.82, 2.24) is 20.2 Å². The molecule has 0 fully saturated rings. The zero-order valence-electron chi connectivity index (χ0n) is 12.6. The Labute approximate surface area is 129 Å². The first-order chi connectivity index (χ1) is 10.7. The third-order valence-corrected chi connectivity index (χ3v) is 3.17. The van der Waals surface area contributed by atoms with Crippen LogP contribution in [0, 0.1) is 11.8 Å². The molecule has 1 aromatic heterocycles. The highest BCUT2D eigenvalue weighted by atomic mass is 15.6. The molecule has 2 aromatic carbocycles. The molecule has 0 unspecified atom stereocenters. The second-order valence-corrected chi connectivity index (χ2v) is 5.19. The Morgan fingerprint density at radius 3 is 2.36 bits per heavy atom. The number of hydrogen-bond acceptors (Lipinski definition) is 3. The van der Waals surface area contributed by atoms with E-state index in [1.807, 2.05) is 68.4 Å². The van der Waals surface area contributed by atoms with E-state index in [1.165, 1.54) is 0 Å². The first-order valence-electron chi connectivity index (χ1n) is 7.20. The van der Waals surface area contributed by atoms with Crippen molar-refractivity contribution >= 4 is 0 Å². The molecule has 0 bridgehead atoms. The lowest BCUT2D eigenvalue weighted by molar-refractivity contribution is 0.455. The first-order valence-corrected chi connectivity index (χ1v) is 7.20. The molecule has 0 saturated carbocycles. The summed E-state index contributed by atoms with van der Waals surface area (Å²) in [5.74, 6) is 6.97. The SMILES string of the molecule is CC(C)n1nnc(-c2ccccc2C#Cc2ccccc2)n1. The lowest BCUT2D eigenvalue weighted by Crippen LogP contribution is -2.04. The third-order valence-electron chi connectivity index (χ3n) is 3.17. The van der Waals surface area contributed by atoms with Gasteiger partial charge in [-0.1, -0.05) is 42.2 Å². The van der Waals surface area contributed by atoms with Crippen LogP contribution in [0.5, 0.6) is 0 Å². The summed E-state index contributed by atoms with van der Waals surface area (Å²) in [6.07, 6.45) is 0. The van der Waals surface area contributed by atoms with Crippen molar-refractivity contribution in [1.29, 1.82) is 0 Å². The molecular weight excluding hydrogens is 272 g/mol. The zero-order chi connectivity index (χ0) is 15.4. The van der Waals surface area contributed by atoms with Crippen molar-refractivity contribution in [3.05, 3.63) is 65.7 Å². The summed E-state index contributed by atoms with van der Waals surface area (Å²) in [5.41, 5.74) is 2.78. The predicted molar refractivity (Wildman–Crippen MR) is 86.1 cm³/mol. The van der Waals surface area contributed by atoms with Crippen molar-refractivity contribution in [3.8, 4) is 23.2 Å². The smallest absolute Gasteiger partial charge is 0.161 e. The maximum absolute atomic E-state index is 4.42. The Bertz CT molecular complexity index is 823. The molecule has 4 heteroatoms. The molecule has 3 aromatic rings. The van der Waals surface area contributed by atoms with E-state index in [9.17, 15) is 0 Å². The zero-order valence-corrected chi connectivity index (χ0v) is 12.6. The Morgan fingerprint density at radius 2 is 1.64 bits per heavy atom. The quantitative estimate of drug-likeness (QED) is 0.679. The minimum Gasteiger partial charge on any atom is -0.161 e. The van der Waals surface area contributed by atoms with E-state index in [0.717, 1.165) is 16.7 Å². The normalized spacial score (nSPS) is 10.3. The van der Waals surface area contributed by atoms with E-state index >= 15 is 0 Å². The average molecular weight is 288 g/mol. The monoisotopic (exact) mass is 288 g/mol. The van der Waals surface area contributed by atoms with Gasteiger partial charge in [-0.05, 0) is 43.3 Å². The van der Waals surface area contributed by atoms with Gasteiger partial charge in [-0.2, -0.15) is 4.80 Å². The topological polar surface area (TPSA) is 43.6 Å². The van der Waals surface area contributed by atoms with Crippen LogP contribution in [0.2, 0.25) is 0 Å². The van der Waals surface area contributed by atoms with E-state index in [-0.39, 0.29) is 6.04 Å². The second kappa shape index (κ2) is 6.23. The van der Waals surface area contributed by atoms with E-state index in [4.69, 9.17) is 0 Å². The van der Waals surface area contributed by atoms with Crippen molar-refractivity contribution in [2.24, 2.45) is 0 Å². The number of hydrogen-bond donors (Lipinski definition) is 0. The van der Waals surface area contributed by atoms with Gasteiger partial charge in [0.1, 0.15) is 0 Å². The molecule has 0 aliphatic carbocycles. The summed E-state index contributed by atoms with van der Waals surface area (Å²) in [6, 6.07) is 18.0. The van der Waals surface area contributed by atoms with Crippen LogP contribution in [-0.2, 0) is 0 Å². The molecule has 0 aliphatic heterocycles. The predicted octanol–water partition coefficient (Wildman–Crippen LogP) is 3.32. The largest absolute Gasteiger partial charge is 0.206 e. The minimum atomic E-state index is 0.184. The van der Waals surface area contributed by atoms with Gasteiger partial charge in [-0.25, -0.2) is 0 Å². The maximum atomic E-state index is 4.42. The Balaban J connectivity index is 1.98. The Kier molecular flexibility index (Phi) is 3.97. The highest BCUT2D eigenvalue weighted by molar-refractivity contribution is 5.65. The second-order valence-electron chi connectivity index (χ2n) is 5.19. The molecule has 0 amide bonds. The average Bonchev–Trinajstić information content (AvgIpc) is 3.04. The van der Waals surface area contributed by atoms with E-state index < -0.39 is 0 Å². The molecule has 108 valence electrons. The van der Waals surface area contributed by atoms with Crippen molar-refractivity contribution in [2.45, 2.75) is 19.9 Å². The lowest BCUT2D eigenvalue weighted by Gasteiger charge is -2.00. The van der Waals surface area contributed by atoms with Crippen molar-refractivity contribution in [2.75, 3.05) is 0 Å². The summed E-state index contributed by atoms with van der Waals surface area (Å²) in [7, 11) is 0. The molecule has 0 radical (unpaired) electrons. The van der Waals surface area contributed by atoms with Crippen LogP contribution in [-0.4, -0.2) is 20.2 Å².